The molecule has 3 rings (SSSR count). The van der Waals surface area contributed by atoms with E-state index in [0.29, 0.717) is 10.7 Å². The van der Waals surface area contributed by atoms with Gasteiger partial charge in [-0.25, -0.2) is 9.98 Å². The third kappa shape index (κ3) is 3.23. The van der Waals surface area contributed by atoms with Crippen molar-refractivity contribution in [2.75, 3.05) is 0 Å². The molecule has 0 spiro atoms. The molecule has 0 bridgehead atoms. The quantitative estimate of drug-likeness (QED) is 0.338. The zero-order valence-corrected chi connectivity index (χ0v) is 15.4. The number of allylic oxidation sites excluding steroid dienone is 1. The Bertz CT molecular complexity index is 1020. The number of halogens is 2. The Balaban J connectivity index is 2.40. The van der Waals surface area contributed by atoms with Crippen LogP contribution in [0.5, 0.6) is 0 Å². The van der Waals surface area contributed by atoms with Gasteiger partial charge in [0.25, 0.3) is 0 Å². The van der Waals surface area contributed by atoms with Crippen LogP contribution in [0.25, 0.3) is 27.9 Å². The van der Waals surface area contributed by atoms with Gasteiger partial charge in [0.05, 0.1) is 16.4 Å². The molecule has 2 aromatic heterocycles. The average Bonchev–Trinajstić information content (AvgIpc) is 2.92. The predicted molar refractivity (Wildman–Crippen MR) is 108 cm³/mol. The van der Waals surface area contributed by atoms with E-state index in [1.807, 2.05) is 38.2 Å². The van der Waals surface area contributed by atoms with E-state index in [4.69, 9.17) is 23.2 Å². The lowest BCUT2D eigenvalue weighted by molar-refractivity contribution is 0.974. The lowest BCUT2D eigenvalue weighted by Crippen LogP contribution is -1.95. The number of rotatable bonds is 3. The van der Waals surface area contributed by atoms with Crippen molar-refractivity contribution < 1.29 is 0 Å². The second-order valence-corrected chi connectivity index (χ2v) is 6.18. The highest BCUT2D eigenvalue weighted by Gasteiger charge is 2.20. The van der Waals surface area contributed by atoms with Gasteiger partial charge in [0, 0.05) is 41.5 Å². The number of aliphatic imine (C=N–C) groups is 2. The Hall–Kier alpha value is -2.43. The first-order valence-electron chi connectivity index (χ1n) is 7.62. The van der Waals surface area contributed by atoms with Crippen LogP contribution in [0.1, 0.15) is 12.5 Å². The molecule has 2 heterocycles. The zero-order chi connectivity index (χ0) is 18.0. The molecule has 0 N–H and O–H groups in total. The second kappa shape index (κ2) is 7.21. The number of benzene rings is 1. The average molecular weight is 371 g/mol. The molecular weight excluding hydrogens is 355 g/mol. The summed E-state index contributed by atoms with van der Waals surface area (Å²) in [5.41, 5.74) is 4.60. The molecule has 0 radical (unpaired) electrons. The standard InChI is InChI=1S/C19H16Cl2N4/c1-4-15(24-19(21)22-2)17-14-7-5-6-8-16(14)25(3)18(17)12-9-13(20)11-23-10-12/h4-11H,2H2,1,3H3/b15-4-,24-19-. The zero-order valence-electron chi connectivity index (χ0n) is 13.9. The van der Waals surface area contributed by atoms with E-state index in [2.05, 4.69) is 38.4 Å². The maximum Gasteiger partial charge on any atom is 0.222 e. The minimum absolute atomic E-state index is 0.0937. The van der Waals surface area contributed by atoms with Crippen molar-refractivity contribution in [1.82, 2.24) is 9.55 Å². The number of nitrogens with zero attached hydrogens (tertiary/aromatic N) is 4. The molecule has 6 heteroatoms. The van der Waals surface area contributed by atoms with Gasteiger partial charge in [-0.1, -0.05) is 35.9 Å². The van der Waals surface area contributed by atoms with Crippen molar-refractivity contribution in [2.24, 2.45) is 17.0 Å². The molecule has 126 valence electrons. The fourth-order valence-corrected chi connectivity index (χ4v) is 3.20. The molecule has 1 aromatic carbocycles. The Morgan fingerprint density at radius 1 is 1.28 bits per heavy atom. The summed E-state index contributed by atoms with van der Waals surface area (Å²) in [5.74, 6) is 0. The molecule has 0 unspecified atom stereocenters. The first kappa shape index (κ1) is 17.4. The topological polar surface area (TPSA) is 42.5 Å². The normalized spacial score (nSPS) is 12.6. The van der Waals surface area contributed by atoms with E-state index < -0.39 is 0 Å². The van der Waals surface area contributed by atoms with Crippen LogP contribution >= 0.6 is 23.2 Å². The van der Waals surface area contributed by atoms with Gasteiger partial charge in [-0.15, -0.1) is 0 Å². The molecule has 3 aromatic rings. The highest BCUT2D eigenvalue weighted by Crippen LogP contribution is 2.38. The van der Waals surface area contributed by atoms with Crippen LogP contribution in [-0.4, -0.2) is 21.6 Å². The molecule has 0 saturated carbocycles. The largest absolute Gasteiger partial charge is 0.343 e. The first-order valence-corrected chi connectivity index (χ1v) is 8.38. The number of aryl methyl sites for hydroxylation is 1. The van der Waals surface area contributed by atoms with Crippen molar-refractivity contribution in [2.45, 2.75) is 6.92 Å². The fourth-order valence-electron chi connectivity index (χ4n) is 2.93. The van der Waals surface area contributed by atoms with Gasteiger partial charge in [-0.3, -0.25) is 4.98 Å². The highest BCUT2D eigenvalue weighted by atomic mass is 35.5. The minimum Gasteiger partial charge on any atom is -0.343 e. The lowest BCUT2D eigenvalue weighted by atomic mass is 10.0. The summed E-state index contributed by atoms with van der Waals surface area (Å²) in [6.07, 6.45) is 5.30. The number of fused-ring (bicyclic) bond motifs is 1. The van der Waals surface area contributed by atoms with Gasteiger partial charge >= 0.3 is 0 Å². The van der Waals surface area contributed by atoms with Crippen LogP contribution in [-0.2, 0) is 7.05 Å². The summed E-state index contributed by atoms with van der Waals surface area (Å²) in [7, 11) is 2.01. The smallest absolute Gasteiger partial charge is 0.222 e. The molecule has 0 aliphatic carbocycles. The van der Waals surface area contributed by atoms with E-state index in [-0.39, 0.29) is 5.29 Å². The maximum atomic E-state index is 6.16. The maximum absolute atomic E-state index is 6.16. The van der Waals surface area contributed by atoms with E-state index in [9.17, 15) is 0 Å². The molecule has 0 atom stereocenters. The lowest BCUT2D eigenvalue weighted by Gasteiger charge is -2.09. The monoisotopic (exact) mass is 370 g/mol. The molecule has 0 amide bonds. The second-order valence-electron chi connectivity index (χ2n) is 5.40. The molecule has 0 saturated heterocycles. The minimum atomic E-state index is 0.0937. The molecular formula is C19H16Cl2N4. The third-order valence-corrected chi connectivity index (χ3v) is 4.37. The number of hydrogen-bond donors (Lipinski definition) is 0. The van der Waals surface area contributed by atoms with Crippen LogP contribution < -0.4 is 0 Å². The van der Waals surface area contributed by atoms with Crippen molar-refractivity contribution in [3.8, 4) is 11.3 Å². The summed E-state index contributed by atoms with van der Waals surface area (Å²) in [6, 6.07) is 10.0. The summed E-state index contributed by atoms with van der Waals surface area (Å²) in [4.78, 5) is 12.3. The summed E-state index contributed by atoms with van der Waals surface area (Å²) in [6.45, 7) is 5.34. The van der Waals surface area contributed by atoms with Gasteiger partial charge in [0.2, 0.25) is 5.29 Å². The van der Waals surface area contributed by atoms with Gasteiger partial charge in [-0.2, -0.15) is 0 Å². The van der Waals surface area contributed by atoms with Gasteiger partial charge in [0.1, 0.15) is 0 Å². The molecule has 0 aliphatic rings. The van der Waals surface area contributed by atoms with E-state index in [0.717, 1.165) is 27.7 Å². The summed E-state index contributed by atoms with van der Waals surface area (Å²) in [5, 5.41) is 1.73. The Kier molecular flexibility index (Phi) is 5.02. The molecule has 0 fully saturated rings. The fraction of sp³-hybridized carbons (Fsp3) is 0.105. The number of pyridine rings is 1. The number of para-hydroxylation sites is 1. The third-order valence-electron chi connectivity index (χ3n) is 3.96. The van der Waals surface area contributed by atoms with Crippen LogP contribution in [0.15, 0.2) is 58.8 Å². The number of hydrogen-bond acceptors (Lipinski definition) is 2. The Morgan fingerprint density at radius 3 is 2.72 bits per heavy atom. The number of aromatic nitrogens is 2. The van der Waals surface area contributed by atoms with Gasteiger partial charge in [0.15, 0.2) is 0 Å². The summed E-state index contributed by atoms with van der Waals surface area (Å²) < 4.78 is 2.10. The van der Waals surface area contributed by atoms with Crippen LogP contribution in [0, 0.1) is 0 Å². The van der Waals surface area contributed by atoms with Crippen molar-refractivity contribution >= 4 is 51.8 Å². The van der Waals surface area contributed by atoms with Gasteiger partial charge in [-0.05, 0) is 37.4 Å². The van der Waals surface area contributed by atoms with Crippen molar-refractivity contribution in [3.63, 3.8) is 0 Å². The predicted octanol–water partition coefficient (Wildman–Crippen LogP) is 5.55. The molecule has 25 heavy (non-hydrogen) atoms. The number of amidine groups is 1. The van der Waals surface area contributed by atoms with Crippen LogP contribution in [0.4, 0.5) is 0 Å². The van der Waals surface area contributed by atoms with E-state index in [1.165, 1.54) is 0 Å². The highest BCUT2D eigenvalue weighted by molar-refractivity contribution is 6.65. The van der Waals surface area contributed by atoms with Crippen LogP contribution in [0.3, 0.4) is 0 Å². The first-order chi connectivity index (χ1) is 12.1. The van der Waals surface area contributed by atoms with Gasteiger partial charge < -0.3 is 4.57 Å². The van der Waals surface area contributed by atoms with Crippen LogP contribution in [0.2, 0.25) is 5.02 Å². The SMILES string of the molecule is C=N/C(Cl)=N\C(=C/C)c1c(-c2cncc(Cl)c2)n(C)c2ccccc12. The van der Waals surface area contributed by atoms with Crippen molar-refractivity contribution in [1.29, 1.82) is 0 Å². The Morgan fingerprint density at radius 2 is 2.04 bits per heavy atom. The Labute approximate surface area is 156 Å². The molecule has 0 aliphatic heterocycles. The van der Waals surface area contributed by atoms with Crippen molar-refractivity contribution in [3.05, 3.63) is 59.4 Å². The molecule has 4 nitrogen and oxygen atoms in total. The summed E-state index contributed by atoms with van der Waals surface area (Å²) >= 11 is 12.2. The van der Waals surface area contributed by atoms with E-state index in [1.54, 1.807) is 12.4 Å². The van der Waals surface area contributed by atoms with E-state index >= 15 is 0 Å².